The largest absolute Gasteiger partial charge is 0.331 e. The summed E-state index contributed by atoms with van der Waals surface area (Å²) in [6, 6.07) is 17.4. The normalized spacial score (nSPS) is 14.6. The number of nitrogens with one attached hydrogen (secondary N) is 3. The summed E-state index contributed by atoms with van der Waals surface area (Å²) in [4.78, 5) is 25.5. The molecule has 1 heterocycles. The van der Waals surface area contributed by atoms with Crippen LogP contribution < -0.4 is 25.4 Å². The van der Waals surface area contributed by atoms with Crippen molar-refractivity contribution in [3.05, 3.63) is 87.9 Å². The minimum absolute atomic E-state index is 0.268. The lowest BCUT2D eigenvalue weighted by molar-refractivity contribution is 0.101. The molecule has 0 spiro atoms. The van der Waals surface area contributed by atoms with Gasteiger partial charge in [0.1, 0.15) is 0 Å². The Balaban J connectivity index is 0.00000115. The van der Waals surface area contributed by atoms with E-state index in [0.717, 1.165) is 23.4 Å². The summed E-state index contributed by atoms with van der Waals surface area (Å²) >= 11 is 4.73. The molecular formula is C26H30ClN5O3S. The predicted octanol–water partition coefficient (Wildman–Crippen LogP) is 4.41. The van der Waals surface area contributed by atoms with E-state index in [-0.39, 0.29) is 11.8 Å². The van der Waals surface area contributed by atoms with Crippen molar-refractivity contribution < 1.29 is 13.8 Å². The van der Waals surface area contributed by atoms with Crippen molar-refractivity contribution in [3.63, 3.8) is 0 Å². The number of carbonyl (C=O) groups excluding carboxylic acids is 2. The molecule has 10 heteroatoms. The lowest BCUT2D eigenvalue weighted by Gasteiger charge is -2.17. The molecule has 1 aliphatic rings. The van der Waals surface area contributed by atoms with Gasteiger partial charge < -0.3 is 16.4 Å². The second kappa shape index (κ2) is 12.6. The number of amides is 2. The van der Waals surface area contributed by atoms with Crippen LogP contribution in [-0.4, -0.2) is 35.7 Å². The number of aryl methyl sites for hydroxylation is 2. The quantitative estimate of drug-likeness (QED) is 0.393. The highest BCUT2D eigenvalue weighted by Gasteiger charge is 2.21. The van der Waals surface area contributed by atoms with Crippen LogP contribution in [0.25, 0.3) is 0 Å². The first-order valence-corrected chi connectivity index (χ1v) is 12.9. The second-order valence-electron chi connectivity index (χ2n) is 8.10. The van der Waals surface area contributed by atoms with Crippen molar-refractivity contribution in [1.82, 2.24) is 4.72 Å². The number of carbonyl (C=O) groups is 2. The average molecular weight is 528 g/mol. The van der Waals surface area contributed by atoms with E-state index in [0.29, 0.717) is 40.6 Å². The molecule has 4 rings (SSSR count). The van der Waals surface area contributed by atoms with Gasteiger partial charge in [0.2, 0.25) is 0 Å². The molecule has 3 aromatic rings. The fourth-order valence-corrected chi connectivity index (χ4v) is 4.71. The average Bonchev–Trinajstić information content (AvgIpc) is 3.27. The number of anilines is 3. The Labute approximate surface area is 218 Å². The molecular weight excluding hydrogens is 498 g/mol. The molecule has 2 amide bonds. The van der Waals surface area contributed by atoms with Crippen LogP contribution in [0.5, 0.6) is 0 Å². The van der Waals surface area contributed by atoms with Crippen LogP contribution in [0.2, 0.25) is 5.02 Å². The van der Waals surface area contributed by atoms with Gasteiger partial charge in [-0.05, 0) is 80.1 Å². The van der Waals surface area contributed by atoms with E-state index in [1.165, 1.54) is 0 Å². The summed E-state index contributed by atoms with van der Waals surface area (Å²) in [5.41, 5.74) is 9.39. The third-order valence-electron chi connectivity index (χ3n) is 5.31. The maximum atomic E-state index is 12.9. The van der Waals surface area contributed by atoms with Crippen molar-refractivity contribution in [1.29, 1.82) is 0 Å². The van der Waals surface area contributed by atoms with Crippen LogP contribution in [0.1, 0.15) is 38.8 Å². The van der Waals surface area contributed by atoms with Gasteiger partial charge >= 0.3 is 0 Å². The number of hydrogen-bond donors (Lipinski definition) is 4. The topological polar surface area (TPSA) is 117 Å². The maximum Gasteiger partial charge on any atom is 0.255 e. The molecule has 3 aromatic carbocycles. The highest BCUT2D eigenvalue weighted by Crippen LogP contribution is 2.25. The summed E-state index contributed by atoms with van der Waals surface area (Å²) < 4.78 is 16.6. The Morgan fingerprint density at radius 3 is 2.42 bits per heavy atom. The lowest BCUT2D eigenvalue weighted by atomic mass is 10.1. The summed E-state index contributed by atoms with van der Waals surface area (Å²) in [7, 11) is 0. The fourth-order valence-electron chi connectivity index (χ4n) is 3.53. The van der Waals surface area contributed by atoms with Crippen LogP contribution in [0.15, 0.2) is 60.7 Å². The van der Waals surface area contributed by atoms with Gasteiger partial charge in [-0.2, -0.15) is 0 Å². The van der Waals surface area contributed by atoms with E-state index in [4.69, 9.17) is 17.3 Å². The van der Waals surface area contributed by atoms with Gasteiger partial charge in [0.05, 0.1) is 5.69 Å². The van der Waals surface area contributed by atoms with Crippen LogP contribution in [0, 0.1) is 13.8 Å². The van der Waals surface area contributed by atoms with Crippen LogP contribution in [0.3, 0.4) is 0 Å². The zero-order chi connectivity index (χ0) is 26.2. The number of nitrogens with two attached hydrogens (primary N) is 1. The van der Waals surface area contributed by atoms with E-state index in [2.05, 4.69) is 15.4 Å². The van der Waals surface area contributed by atoms with Crippen LogP contribution in [-0.2, 0) is 11.2 Å². The maximum absolute atomic E-state index is 12.9. The highest BCUT2D eigenvalue weighted by molar-refractivity contribution is 7.84. The molecule has 8 nitrogen and oxygen atoms in total. The molecule has 0 saturated carbocycles. The number of hydrogen-bond acceptors (Lipinski definition) is 4. The van der Waals surface area contributed by atoms with Gasteiger partial charge in [0.15, 0.2) is 11.2 Å². The SMILES string of the molecule is CCN.Cc1ccc(NC(=O)c2ccc(N3CCNS3=O)cc2C)cc1NC(=O)c1cccc(Cl)c1. The third kappa shape index (κ3) is 6.92. The molecule has 1 fully saturated rings. The van der Waals surface area contributed by atoms with Gasteiger partial charge in [-0.15, -0.1) is 0 Å². The van der Waals surface area contributed by atoms with Crippen LogP contribution >= 0.6 is 11.6 Å². The van der Waals surface area contributed by atoms with Crippen molar-refractivity contribution in [2.45, 2.75) is 20.8 Å². The van der Waals surface area contributed by atoms with E-state index < -0.39 is 11.2 Å². The van der Waals surface area contributed by atoms with Crippen molar-refractivity contribution in [2.24, 2.45) is 5.73 Å². The van der Waals surface area contributed by atoms with E-state index in [9.17, 15) is 13.8 Å². The van der Waals surface area contributed by atoms with Gasteiger partial charge in [0, 0.05) is 40.6 Å². The molecule has 1 atom stereocenters. The van der Waals surface area contributed by atoms with Crippen molar-refractivity contribution >= 4 is 51.6 Å². The van der Waals surface area contributed by atoms with E-state index in [1.807, 2.05) is 32.9 Å². The summed E-state index contributed by atoms with van der Waals surface area (Å²) in [5.74, 6) is -0.556. The third-order valence-corrected chi connectivity index (χ3v) is 6.79. The Bertz CT molecular complexity index is 1280. The minimum Gasteiger partial charge on any atom is -0.331 e. The first-order chi connectivity index (χ1) is 17.2. The van der Waals surface area contributed by atoms with Gasteiger partial charge in [0.25, 0.3) is 11.8 Å². The molecule has 1 unspecified atom stereocenters. The molecule has 0 aliphatic carbocycles. The lowest BCUT2D eigenvalue weighted by Crippen LogP contribution is -2.23. The molecule has 5 N–H and O–H groups in total. The number of halogens is 1. The Morgan fingerprint density at radius 2 is 1.78 bits per heavy atom. The highest BCUT2D eigenvalue weighted by atomic mass is 35.5. The summed E-state index contributed by atoms with van der Waals surface area (Å²) in [6.07, 6.45) is 0. The molecule has 36 heavy (non-hydrogen) atoms. The van der Waals surface area contributed by atoms with Crippen molar-refractivity contribution in [2.75, 3.05) is 34.6 Å². The summed E-state index contributed by atoms with van der Waals surface area (Å²) in [5, 5.41) is 6.24. The fraction of sp³-hybridized carbons (Fsp3) is 0.231. The molecule has 1 aliphatic heterocycles. The Morgan fingerprint density at radius 1 is 1.03 bits per heavy atom. The van der Waals surface area contributed by atoms with Gasteiger partial charge in [-0.25, -0.2) is 8.93 Å². The molecule has 0 bridgehead atoms. The van der Waals surface area contributed by atoms with Gasteiger partial charge in [-0.1, -0.05) is 30.7 Å². The Hall–Kier alpha value is -3.24. The predicted molar refractivity (Wildman–Crippen MR) is 148 cm³/mol. The second-order valence-corrected chi connectivity index (χ2v) is 9.77. The molecule has 0 aromatic heterocycles. The zero-order valence-corrected chi connectivity index (χ0v) is 22.0. The molecule has 190 valence electrons. The minimum atomic E-state index is -1.25. The summed E-state index contributed by atoms with van der Waals surface area (Å²) in [6.45, 7) is 7.66. The smallest absolute Gasteiger partial charge is 0.255 e. The van der Waals surface area contributed by atoms with E-state index in [1.54, 1.807) is 52.8 Å². The number of rotatable bonds is 5. The molecule has 1 saturated heterocycles. The first-order valence-electron chi connectivity index (χ1n) is 11.5. The number of benzene rings is 3. The number of nitrogens with zero attached hydrogens (tertiary/aromatic N) is 1. The molecule has 0 radical (unpaired) electrons. The zero-order valence-electron chi connectivity index (χ0n) is 20.4. The monoisotopic (exact) mass is 527 g/mol. The van der Waals surface area contributed by atoms with Crippen molar-refractivity contribution in [3.8, 4) is 0 Å². The first kappa shape index (κ1) is 27.3. The Kier molecular flexibility index (Phi) is 9.60. The standard InChI is InChI=1S/C24H23ClN4O3S.C2H7N/c1-15-6-7-19(14-22(15)28-23(30)17-4-3-5-18(25)13-17)27-24(31)21-9-8-20(12-16(21)2)29-11-10-26-33(29)32;1-2-3/h3-9,12-14,26H,10-11H2,1-2H3,(H,27,31)(H,28,30);2-3H2,1H3. The van der Waals surface area contributed by atoms with Crippen LogP contribution in [0.4, 0.5) is 17.1 Å². The van der Waals surface area contributed by atoms with Gasteiger partial charge in [-0.3, -0.25) is 13.9 Å². The van der Waals surface area contributed by atoms with E-state index >= 15 is 0 Å².